The van der Waals surface area contributed by atoms with Gasteiger partial charge in [0.2, 0.25) is 5.91 Å². The number of thiazole rings is 1. The molecule has 28 heavy (non-hydrogen) atoms. The first kappa shape index (κ1) is 18.5. The molecule has 1 aliphatic rings. The molecule has 1 atom stereocenters. The van der Waals surface area contributed by atoms with Gasteiger partial charge in [0.1, 0.15) is 0 Å². The molecule has 144 valence electrons. The molecule has 0 radical (unpaired) electrons. The Morgan fingerprint density at radius 3 is 2.89 bits per heavy atom. The van der Waals surface area contributed by atoms with Crippen LogP contribution in [0.5, 0.6) is 0 Å². The molecule has 0 saturated carbocycles. The van der Waals surface area contributed by atoms with Crippen LogP contribution in [0.25, 0.3) is 10.4 Å². The number of halogens is 2. The number of rotatable bonds is 6. The largest absolute Gasteiger partial charge is 0.360 e. The third kappa shape index (κ3) is 4.02. The van der Waals surface area contributed by atoms with Crippen molar-refractivity contribution in [2.45, 2.75) is 18.9 Å². The summed E-state index contributed by atoms with van der Waals surface area (Å²) in [6, 6.07) is 9.40. The number of carbonyl (C=O) groups is 1. The molecule has 2 heterocycles. The number of nitrogens with zero attached hydrogens (tertiary/aromatic N) is 1. The summed E-state index contributed by atoms with van der Waals surface area (Å²) in [6.45, 7) is 0.453. The Morgan fingerprint density at radius 2 is 2.07 bits per heavy atom. The molecule has 8 heteroatoms. The highest BCUT2D eigenvalue weighted by atomic mass is 32.1. The fourth-order valence-corrected chi connectivity index (χ4v) is 3.95. The zero-order valence-electron chi connectivity index (χ0n) is 14.8. The molecule has 1 aliphatic heterocycles. The number of carbonyl (C=O) groups excluding carboxylic acids is 1. The molecule has 0 fully saturated rings. The minimum Gasteiger partial charge on any atom is -0.360 e. The van der Waals surface area contributed by atoms with Crippen LogP contribution in [-0.2, 0) is 17.6 Å². The van der Waals surface area contributed by atoms with Crippen LogP contribution in [0.3, 0.4) is 0 Å². The Bertz CT molecular complexity index is 1040. The van der Waals surface area contributed by atoms with Gasteiger partial charge >= 0.3 is 0 Å². The lowest BCUT2D eigenvalue weighted by atomic mass is 10.1. The van der Waals surface area contributed by atoms with Crippen molar-refractivity contribution in [1.29, 1.82) is 0 Å². The molecule has 4 rings (SSSR count). The maximum atomic E-state index is 13.3. The molecule has 0 saturated heterocycles. The molecule has 1 amide bonds. The van der Waals surface area contributed by atoms with Crippen LogP contribution >= 0.6 is 11.3 Å². The number of anilines is 2. The maximum Gasteiger partial charge on any atom is 0.228 e. The van der Waals surface area contributed by atoms with Crippen molar-refractivity contribution in [1.82, 2.24) is 4.98 Å². The van der Waals surface area contributed by atoms with Gasteiger partial charge < -0.3 is 16.4 Å². The van der Waals surface area contributed by atoms with Gasteiger partial charge in [-0.15, -0.1) is 0 Å². The van der Waals surface area contributed by atoms with E-state index < -0.39 is 11.6 Å². The van der Waals surface area contributed by atoms with Crippen LogP contribution in [0.1, 0.15) is 11.1 Å². The second kappa shape index (κ2) is 7.65. The first-order valence-electron chi connectivity index (χ1n) is 8.80. The first-order valence-corrected chi connectivity index (χ1v) is 9.62. The average Bonchev–Trinajstić information content (AvgIpc) is 3.28. The summed E-state index contributed by atoms with van der Waals surface area (Å²) in [5, 5.41) is 6.73. The minimum atomic E-state index is -0.867. The van der Waals surface area contributed by atoms with Crippen molar-refractivity contribution in [2.75, 3.05) is 17.2 Å². The van der Waals surface area contributed by atoms with Crippen LogP contribution in [0, 0.1) is 11.6 Å². The molecular formula is C20H18F2N4OS. The van der Waals surface area contributed by atoms with E-state index >= 15 is 0 Å². The van der Waals surface area contributed by atoms with E-state index in [0.29, 0.717) is 24.9 Å². The number of aromatic nitrogens is 1. The fourth-order valence-electron chi connectivity index (χ4n) is 3.13. The topological polar surface area (TPSA) is 80.0 Å². The molecule has 0 aliphatic carbocycles. The number of fused-ring (bicyclic) bond motifs is 1. The highest BCUT2D eigenvalue weighted by Crippen LogP contribution is 2.33. The average molecular weight is 400 g/mol. The number of nitrogens with one attached hydrogen (secondary N) is 2. The van der Waals surface area contributed by atoms with E-state index in [0.717, 1.165) is 32.9 Å². The molecule has 4 N–H and O–H groups in total. The summed E-state index contributed by atoms with van der Waals surface area (Å²) in [7, 11) is 0. The van der Waals surface area contributed by atoms with Gasteiger partial charge in [0, 0.05) is 24.5 Å². The number of benzene rings is 2. The lowest BCUT2D eigenvalue weighted by Gasteiger charge is -2.12. The molecule has 1 aromatic heterocycles. The second-order valence-corrected chi connectivity index (χ2v) is 7.75. The predicted octanol–water partition coefficient (Wildman–Crippen LogP) is 3.56. The van der Waals surface area contributed by atoms with Crippen LogP contribution in [0.2, 0.25) is 0 Å². The van der Waals surface area contributed by atoms with Gasteiger partial charge in [-0.3, -0.25) is 4.79 Å². The Labute approximate surface area is 164 Å². The Hall–Kier alpha value is -2.84. The van der Waals surface area contributed by atoms with E-state index in [9.17, 15) is 13.6 Å². The van der Waals surface area contributed by atoms with E-state index in [1.54, 1.807) is 6.20 Å². The third-order valence-electron chi connectivity index (χ3n) is 4.52. The normalized spacial score (nSPS) is 13.9. The smallest absolute Gasteiger partial charge is 0.228 e. The van der Waals surface area contributed by atoms with Gasteiger partial charge in [-0.25, -0.2) is 13.8 Å². The summed E-state index contributed by atoms with van der Waals surface area (Å²) in [5.41, 5.74) is 9.59. The first-order chi connectivity index (χ1) is 13.5. The zero-order valence-corrected chi connectivity index (χ0v) is 15.7. The van der Waals surface area contributed by atoms with Gasteiger partial charge in [-0.1, -0.05) is 23.5 Å². The highest BCUT2D eigenvalue weighted by molar-refractivity contribution is 7.18. The lowest BCUT2D eigenvalue weighted by molar-refractivity contribution is -0.115. The van der Waals surface area contributed by atoms with E-state index in [4.69, 9.17) is 5.73 Å². The second-order valence-electron chi connectivity index (χ2n) is 6.72. The standard InChI is InChI=1S/C20H18F2N4OS/c21-15-3-1-11(6-16(15)22)5-14(23)9-24-20-25-10-18(28-20)12-2-4-17-13(7-12)8-19(27)26-17/h1-4,6-7,10,14H,5,8-9,23H2,(H,24,25)(H,26,27). The Kier molecular flexibility index (Phi) is 5.06. The van der Waals surface area contributed by atoms with Crippen LogP contribution in [0.4, 0.5) is 19.6 Å². The summed E-state index contributed by atoms with van der Waals surface area (Å²) < 4.78 is 26.3. The van der Waals surface area contributed by atoms with Crippen molar-refractivity contribution in [3.05, 3.63) is 65.4 Å². The van der Waals surface area contributed by atoms with Crippen LogP contribution in [-0.4, -0.2) is 23.5 Å². The Balaban J connectivity index is 1.36. The quantitative estimate of drug-likeness (QED) is 0.591. The van der Waals surface area contributed by atoms with Crippen LogP contribution in [0.15, 0.2) is 42.6 Å². The SMILES string of the molecule is NC(CNc1ncc(-c2ccc3c(c2)CC(=O)N3)s1)Cc1ccc(F)c(F)c1. The van der Waals surface area contributed by atoms with Crippen molar-refractivity contribution in [2.24, 2.45) is 5.73 Å². The van der Waals surface area contributed by atoms with Crippen molar-refractivity contribution in [3.8, 4) is 10.4 Å². The summed E-state index contributed by atoms with van der Waals surface area (Å²) >= 11 is 1.49. The number of nitrogens with two attached hydrogens (primary N) is 1. The molecular weight excluding hydrogens is 382 g/mol. The number of hydrogen-bond acceptors (Lipinski definition) is 5. The van der Waals surface area contributed by atoms with E-state index in [1.807, 2.05) is 18.2 Å². The van der Waals surface area contributed by atoms with Crippen molar-refractivity contribution in [3.63, 3.8) is 0 Å². The number of hydrogen-bond donors (Lipinski definition) is 3. The van der Waals surface area contributed by atoms with Crippen molar-refractivity contribution >= 4 is 28.1 Å². The summed E-state index contributed by atoms with van der Waals surface area (Å²) in [4.78, 5) is 16.8. The van der Waals surface area contributed by atoms with Gasteiger partial charge in [-0.2, -0.15) is 0 Å². The summed E-state index contributed by atoms with van der Waals surface area (Å²) in [5.74, 6) is -1.72. The lowest BCUT2D eigenvalue weighted by Crippen LogP contribution is -2.31. The monoisotopic (exact) mass is 400 g/mol. The number of amides is 1. The fraction of sp³-hybridized carbons (Fsp3) is 0.200. The molecule has 5 nitrogen and oxygen atoms in total. The third-order valence-corrected chi connectivity index (χ3v) is 5.52. The van der Waals surface area contributed by atoms with Crippen LogP contribution < -0.4 is 16.4 Å². The van der Waals surface area contributed by atoms with Gasteiger partial charge in [0.15, 0.2) is 16.8 Å². The van der Waals surface area contributed by atoms with Gasteiger partial charge in [0.05, 0.1) is 11.3 Å². The molecule has 2 aromatic carbocycles. The van der Waals surface area contributed by atoms with Gasteiger partial charge in [0.25, 0.3) is 0 Å². The van der Waals surface area contributed by atoms with E-state index in [-0.39, 0.29) is 11.9 Å². The van der Waals surface area contributed by atoms with E-state index in [1.165, 1.54) is 23.5 Å². The molecule has 0 bridgehead atoms. The minimum absolute atomic E-state index is 0.00818. The zero-order chi connectivity index (χ0) is 19.7. The maximum absolute atomic E-state index is 13.3. The Morgan fingerprint density at radius 1 is 1.21 bits per heavy atom. The predicted molar refractivity (Wildman–Crippen MR) is 106 cm³/mol. The van der Waals surface area contributed by atoms with Crippen molar-refractivity contribution < 1.29 is 13.6 Å². The molecule has 0 spiro atoms. The van der Waals surface area contributed by atoms with E-state index in [2.05, 4.69) is 15.6 Å². The van der Waals surface area contributed by atoms with Gasteiger partial charge in [-0.05, 0) is 47.4 Å². The molecule has 3 aromatic rings. The highest BCUT2D eigenvalue weighted by Gasteiger charge is 2.18. The summed E-state index contributed by atoms with van der Waals surface area (Å²) in [6.07, 6.45) is 2.60. The molecule has 1 unspecified atom stereocenters.